The van der Waals surface area contributed by atoms with Crippen molar-refractivity contribution in [2.45, 2.75) is 6.61 Å². The predicted octanol–water partition coefficient (Wildman–Crippen LogP) is 4.29. The molecule has 2 aromatic heterocycles. The van der Waals surface area contributed by atoms with E-state index in [4.69, 9.17) is 26.3 Å². The molecule has 0 aliphatic carbocycles. The number of aliphatic hydroxyl groups is 1. The Morgan fingerprint density at radius 2 is 1.90 bits per heavy atom. The normalized spacial score (nSPS) is 14.1. The number of hydrogen-bond donors (Lipinski definition) is 2. The number of ether oxygens (including phenoxy) is 1. The molecule has 1 fully saturated rings. The largest absolute Gasteiger partial charge is 0.487 e. The van der Waals surface area contributed by atoms with Crippen molar-refractivity contribution in [3.63, 3.8) is 0 Å². The minimum absolute atomic E-state index is 0.197. The minimum Gasteiger partial charge on any atom is -0.487 e. The topological polar surface area (TPSA) is 74.3 Å². The smallest absolute Gasteiger partial charge is 0.163 e. The van der Waals surface area contributed by atoms with Crippen molar-refractivity contribution >= 4 is 28.5 Å². The van der Waals surface area contributed by atoms with E-state index in [-0.39, 0.29) is 6.61 Å². The Labute approximate surface area is 179 Å². The van der Waals surface area contributed by atoms with E-state index in [2.05, 4.69) is 9.88 Å². The SMILES string of the molecule is OCC1CN(c2nc(-c3ccccc3)nc3[nH]c(COc4cccc(Cl)c4)cc23)C1. The fraction of sp³-hybridized carbons (Fsp3) is 0.217. The van der Waals surface area contributed by atoms with E-state index >= 15 is 0 Å². The fourth-order valence-corrected chi connectivity index (χ4v) is 3.84. The second-order valence-corrected chi connectivity index (χ2v) is 7.93. The Kier molecular flexibility index (Phi) is 5.02. The molecule has 1 aliphatic rings. The van der Waals surface area contributed by atoms with E-state index < -0.39 is 0 Å². The summed E-state index contributed by atoms with van der Waals surface area (Å²) in [6, 6.07) is 19.3. The molecule has 0 saturated carbocycles. The van der Waals surface area contributed by atoms with Gasteiger partial charge in [-0.15, -0.1) is 0 Å². The maximum Gasteiger partial charge on any atom is 0.163 e. The Balaban J connectivity index is 1.49. The summed E-state index contributed by atoms with van der Waals surface area (Å²) in [5.41, 5.74) is 2.65. The Bertz CT molecular complexity index is 1170. The van der Waals surface area contributed by atoms with Crippen LogP contribution in [-0.2, 0) is 6.61 Å². The summed E-state index contributed by atoms with van der Waals surface area (Å²) in [6.45, 7) is 2.14. The summed E-state index contributed by atoms with van der Waals surface area (Å²) in [5, 5.41) is 11.0. The molecule has 0 radical (unpaired) electrons. The van der Waals surface area contributed by atoms with Crippen LogP contribution < -0.4 is 9.64 Å². The van der Waals surface area contributed by atoms with Crippen LogP contribution in [0.1, 0.15) is 5.69 Å². The summed E-state index contributed by atoms with van der Waals surface area (Å²) in [6.07, 6.45) is 0. The predicted molar refractivity (Wildman–Crippen MR) is 118 cm³/mol. The Morgan fingerprint density at radius 1 is 1.07 bits per heavy atom. The van der Waals surface area contributed by atoms with Crippen molar-refractivity contribution in [3.8, 4) is 17.1 Å². The van der Waals surface area contributed by atoms with E-state index in [1.54, 1.807) is 6.07 Å². The van der Waals surface area contributed by atoms with Crippen molar-refractivity contribution in [2.75, 3.05) is 24.6 Å². The van der Waals surface area contributed by atoms with Gasteiger partial charge in [0.15, 0.2) is 5.82 Å². The number of aromatic amines is 1. The van der Waals surface area contributed by atoms with Gasteiger partial charge in [0, 0.05) is 36.2 Å². The first kappa shape index (κ1) is 18.9. The van der Waals surface area contributed by atoms with Crippen LogP contribution in [0.3, 0.4) is 0 Å². The van der Waals surface area contributed by atoms with E-state index in [1.165, 1.54) is 0 Å². The van der Waals surface area contributed by atoms with Crippen molar-refractivity contribution in [2.24, 2.45) is 5.92 Å². The molecular weight excluding hydrogens is 400 g/mol. The molecule has 4 aromatic rings. The molecule has 0 bridgehead atoms. The maximum absolute atomic E-state index is 9.41. The molecule has 0 amide bonds. The van der Waals surface area contributed by atoms with Crippen molar-refractivity contribution in [1.82, 2.24) is 15.0 Å². The molecule has 2 aromatic carbocycles. The summed E-state index contributed by atoms with van der Waals surface area (Å²) >= 11 is 6.04. The second-order valence-electron chi connectivity index (χ2n) is 7.49. The summed E-state index contributed by atoms with van der Waals surface area (Å²) in [4.78, 5) is 15.2. The van der Waals surface area contributed by atoms with Gasteiger partial charge in [0.05, 0.1) is 11.1 Å². The lowest BCUT2D eigenvalue weighted by molar-refractivity contribution is 0.200. The van der Waals surface area contributed by atoms with E-state index in [9.17, 15) is 5.11 Å². The highest BCUT2D eigenvalue weighted by Gasteiger charge is 2.29. The number of rotatable bonds is 6. The zero-order valence-electron chi connectivity index (χ0n) is 16.3. The zero-order valence-corrected chi connectivity index (χ0v) is 17.0. The Morgan fingerprint density at radius 3 is 2.67 bits per heavy atom. The number of aromatic nitrogens is 3. The van der Waals surface area contributed by atoms with Gasteiger partial charge in [0.2, 0.25) is 0 Å². The van der Waals surface area contributed by atoms with Crippen molar-refractivity contribution in [3.05, 3.63) is 71.4 Å². The molecule has 0 spiro atoms. The molecule has 7 heteroatoms. The lowest BCUT2D eigenvalue weighted by Gasteiger charge is -2.39. The number of halogens is 1. The first-order valence-corrected chi connectivity index (χ1v) is 10.3. The molecule has 2 N–H and O–H groups in total. The van der Waals surface area contributed by atoms with Crippen LogP contribution in [0.15, 0.2) is 60.7 Å². The second kappa shape index (κ2) is 7.97. The van der Waals surface area contributed by atoms with Gasteiger partial charge in [-0.3, -0.25) is 0 Å². The zero-order chi connectivity index (χ0) is 20.5. The highest BCUT2D eigenvalue weighted by Crippen LogP contribution is 2.32. The highest BCUT2D eigenvalue weighted by molar-refractivity contribution is 6.30. The average Bonchev–Trinajstić information content (AvgIpc) is 3.15. The van der Waals surface area contributed by atoms with Crippen molar-refractivity contribution < 1.29 is 9.84 Å². The van der Waals surface area contributed by atoms with Crippen LogP contribution in [0.4, 0.5) is 5.82 Å². The van der Waals surface area contributed by atoms with Gasteiger partial charge in [-0.1, -0.05) is 48.0 Å². The van der Waals surface area contributed by atoms with Gasteiger partial charge >= 0.3 is 0 Å². The van der Waals surface area contributed by atoms with Crippen LogP contribution in [0.25, 0.3) is 22.4 Å². The third-order valence-corrected chi connectivity index (χ3v) is 5.50. The van der Waals surface area contributed by atoms with Crippen LogP contribution in [-0.4, -0.2) is 39.8 Å². The quantitative estimate of drug-likeness (QED) is 0.487. The lowest BCUT2D eigenvalue weighted by atomic mass is 10.0. The van der Waals surface area contributed by atoms with E-state index in [1.807, 2.05) is 54.6 Å². The fourth-order valence-electron chi connectivity index (χ4n) is 3.66. The number of aliphatic hydroxyl groups excluding tert-OH is 1. The molecule has 5 rings (SSSR count). The van der Waals surface area contributed by atoms with Crippen LogP contribution >= 0.6 is 11.6 Å². The van der Waals surface area contributed by atoms with Crippen LogP contribution in [0.5, 0.6) is 5.75 Å². The maximum atomic E-state index is 9.41. The third kappa shape index (κ3) is 3.72. The minimum atomic E-state index is 0.197. The summed E-state index contributed by atoms with van der Waals surface area (Å²) < 4.78 is 5.88. The number of nitrogens with zero attached hydrogens (tertiary/aromatic N) is 3. The lowest BCUT2D eigenvalue weighted by Crippen LogP contribution is -2.48. The van der Waals surface area contributed by atoms with Crippen LogP contribution in [0, 0.1) is 5.92 Å². The first-order chi connectivity index (χ1) is 14.7. The molecule has 1 aliphatic heterocycles. The number of hydrogen-bond acceptors (Lipinski definition) is 5. The third-order valence-electron chi connectivity index (χ3n) is 5.26. The summed E-state index contributed by atoms with van der Waals surface area (Å²) in [7, 11) is 0. The monoisotopic (exact) mass is 420 g/mol. The molecular formula is C23H21ClN4O2. The molecule has 0 atom stereocenters. The molecule has 152 valence electrons. The number of fused-ring (bicyclic) bond motifs is 1. The van der Waals surface area contributed by atoms with Gasteiger partial charge < -0.3 is 19.7 Å². The van der Waals surface area contributed by atoms with Gasteiger partial charge in [-0.25, -0.2) is 9.97 Å². The van der Waals surface area contributed by atoms with Gasteiger partial charge in [0.1, 0.15) is 23.8 Å². The van der Waals surface area contributed by atoms with E-state index in [0.717, 1.165) is 41.2 Å². The molecule has 0 unspecified atom stereocenters. The molecule has 3 heterocycles. The Hall–Kier alpha value is -3.09. The van der Waals surface area contributed by atoms with Gasteiger partial charge in [-0.2, -0.15) is 0 Å². The number of nitrogens with one attached hydrogen (secondary N) is 1. The van der Waals surface area contributed by atoms with Gasteiger partial charge in [0.25, 0.3) is 0 Å². The van der Waals surface area contributed by atoms with Crippen LogP contribution in [0.2, 0.25) is 5.02 Å². The van der Waals surface area contributed by atoms with E-state index in [0.29, 0.717) is 29.1 Å². The highest BCUT2D eigenvalue weighted by atomic mass is 35.5. The number of anilines is 1. The van der Waals surface area contributed by atoms with Gasteiger partial charge in [-0.05, 0) is 24.3 Å². The average molecular weight is 421 g/mol. The molecule has 30 heavy (non-hydrogen) atoms. The standard InChI is InChI=1S/C23H21ClN4O2/c24-17-7-4-8-19(9-17)30-14-18-10-20-22(25-18)26-21(16-5-2-1-3-6-16)27-23(20)28-11-15(12-28)13-29/h1-10,15,29H,11-14H2,(H,25,26,27). The first-order valence-electron chi connectivity index (χ1n) is 9.89. The number of H-pyrrole nitrogens is 1. The number of benzene rings is 2. The molecule has 6 nitrogen and oxygen atoms in total. The van der Waals surface area contributed by atoms with Crippen molar-refractivity contribution in [1.29, 1.82) is 0 Å². The molecule has 1 saturated heterocycles. The summed E-state index contributed by atoms with van der Waals surface area (Å²) in [5.74, 6) is 2.56.